The SMILES string of the molecule is F/C(=C/O/C=C(/F)C(F)(F)F)C(F)(F)F. The Morgan fingerprint density at radius 3 is 1.20 bits per heavy atom. The average molecular weight is 242 g/mol. The van der Waals surface area contributed by atoms with Crippen LogP contribution in [0.15, 0.2) is 24.2 Å². The summed E-state index contributed by atoms with van der Waals surface area (Å²) in [7, 11) is 0. The second-order valence-corrected chi connectivity index (χ2v) is 2.06. The Balaban J connectivity index is 4.44. The summed E-state index contributed by atoms with van der Waals surface area (Å²) < 4.78 is 95.1. The maximum absolute atomic E-state index is 11.8. The Labute approximate surface area is 77.6 Å². The van der Waals surface area contributed by atoms with Gasteiger partial charge in [-0.25, -0.2) is 0 Å². The Kier molecular flexibility index (Phi) is 4.11. The molecule has 0 amide bonds. The van der Waals surface area contributed by atoms with Gasteiger partial charge < -0.3 is 4.74 Å². The molecule has 0 aliphatic heterocycles. The van der Waals surface area contributed by atoms with Crippen molar-refractivity contribution in [1.29, 1.82) is 0 Å². The third-order valence-electron chi connectivity index (χ3n) is 0.885. The van der Waals surface area contributed by atoms with Crippen molar-refractivity contribution >= 4 is 0 Å². The first kappa shape index (κ1) is 13.7. The predicted molar refractivity (Wildman–Crippen MR) is 31.6 cm³/mol. The lowest BCUT2D eigenvalue weighted by Crippen LogP contribution is -2.09. The molecule has 1 nitrogen and oxygen atoms in total. The van der Waals surface area contributed by atoms with Gasteiger partial charge in [-0.2, -0.15) is 35.1 Å². The number of rotatable bonds is 2. The van der Waals surface area contributed by atoms with Crippen molar-refractivity contribution in [1.82, 2.24) is 0 Å². The molecule has 0 aromatic heterocycles. The number of allylic oxidation sites excluding steroid dienone is 2. The number of hydrogen-bond donors (Lipinski definition) is 0. The molecule has 0 N–H and O–H groups in total. The van der Waals surface area contributed by atoms with Crippen molar-refractivity contribution in [2.45, 2.75) is 12.4 Å². The minimum absolute atomic E-state index is 0.689. The van der Waals surface area contributed by atoms with Crippen molar-refractivity contribution in [3.63, 3.8) is 0 Å². The summed E-state index contributed by atoms with van der Waals surface area (Å²) in [6, 6.07) is 0. The molecule has 0 aliphatic carbocycles. The average Bonchev–Trinajstić information content (AvgIpc) is 2.00. The fourth-order valence-electron chi connectivity index (χ4n) is 0.287. The van der Waals surface area contributed by atoms with Gasteiger partial charge in [-0.05, 0) is 0 Å². The van der Waals surface area contributed by atoms with E-state index in [0.717, 1.165) is 0 Å². The van der Waals surface area contributed by atoms with E-state index in [9.17, 15) is 35.1 Å². The first-order chi connectivity index (χ1) is 6.55. The molecule has 0 spiro atoms. The highest BCUT2D eigenvalue weighted by atomic mass is 19.4. The van der Waals surface area contributed by atoms with Gasteiger partial charge in [-0.1, -0.05) is 0 Å². The van der Waals surface area contributed by atoms with Gasteiger partial charge in [0, 0.05) is 0 Å². The molecule has 15 heavy (non-hydrogen) atoms. The molecule has 0 saturated heterocycles. The van der Waals surface area contributed by atoms with Crippen molar-refractivity contribution < 1.29 is 39.9 Å². The van der Waals surface area contributed by atoms with Crippen LogP contribution in [0.5, 0.6) is 0 Å². The number of ether oxygens (including phenoxy) is 1. The molecule has 0 rings (SSSR count). The van der Waals surface area contributed by atoms with Crippen LogP contribution in [0, 0.1) is 0 Å². The molecule has 9 heteroatoms. The molecule has 0 aromatic carbocycles. The van der Waals surface area contributed by atoms with E-state index in [1.165, 1.54) is 0 Å². The zero-order valence-electron chi connectivity index (χ0n) is 6.59. The third kappa shape index (κ3) is 5.23. The fraction of sp³-hybridized carbons (Fsp3) is 0.333. The molecule has 0 atom stereocenters. The van der Waals surface area contributed by atoms with Gasteiger partial charge in [0.2, 0.25) is 11.7 Å². The van der Waals surface area contributed by atoms with E-state index in [1.807, 2.05) is 0 Å². The lowest BCUT2D eigenvalue weighted by molar-refractivity contribution is -0.112. The van der Waals surface area contributed by atoms with Crippen LogP contribution >= 0.6 is 0 Å². The first-order valence-electron chi connectivity index (χ1n) is 3.06. The summed E-state index contributed by atoms with van der Waals surface area (Å²) in [5.74, 6) is -5.57. The van der Waals surface area contributed by atoms with E-state index < -0.39 is 36.5 Å². The molecule has 0 heterocycles. The van der Waals surface area contributed by atoms with Crippen molar-refractivity contribution in [3.05, 3.63) is 24.2 Å². The van der Waals surface area contributed by atoms with Gasteiger partial charge in [-0.3, -0.25) is 0 Å². The summed E-state index contributed by atoms with van der Waals surface area (Å²) in [6.07, 6.45) is -12.2. The van der Waals surface area contributed by atoms with Crippen molar-refractivity contribution in [2.75, 3.05) is 0 Å². The fourth-order valence-corrected chi connectivity index (χ4v) is 0.287. The van der Waals surface area contributed by atoms with Crippen LogP contribution in [0.2, 0.25) is 0 Å². The molecule has 0 unspecified atom stereocenters. The van der Waals surface area contributed by atoms with E-state index in [0.29, 0.717) is 0 Å². The summed E-state index contributed by atoms with van der Waals surface area (Å²) in [5, 5.41) is 0. The van der Waals surface area contributed by atoms with Gasteiger partial charge in [-0.15, -0.1) is 0 Å². The normalized spacial score (nSPS) is 15.5. The number of alkyl halides is 6. The highest BCUT2D eigenvalue weighted by Crippen LogP contribution is 2.28. The Morgan fingerprint density at radius 2 is 1.00 bits per heavy atom. The lowest BCUT2D eigenvalue weighted by atomic mass is 10.5. The van der Waals surface area contributed by atoms with Crippen LogP contribution in [-0.4, -0.2) is 12.4 Å². The van der Waals surface area contributed by atoms with Crippen LogP contribution < -0.4 is 0 Å². The Morgan fingerprint density at radius 1 is 0.733 bits per heavy atom. The van der Waals surface area contributed by atoms with E-state index >= 15 is 0 Å². The first-order valence-corrected chi connectivity index (χ1v) is 3.06. The Bertz CT molecular complexity index is 242. The van der Waals surface area contributed by atoms with E-state index in [-0.39, 0.29) is 0 Å². The molecule has 0 radical (unpaired) electrons. The second-order valence-electron chi connectivity index (χ2n) is 2.06. The zero-order chi connectivity index (χ0) is 12.3. The zero-order valence-corrected chi connectivity index (χ0v) is 6.59. The minimum Gasteiger partial charge on any atom is -0.466 e. The molecule has 0 aromatic rings. The number of halogens is 8. The molecular weight excluding hydrogens is 240 g/mol. The van der Waals surface area contributed by atoms with Gasteiger partial charge in [0.05, 0.1) is 0 Å². The van der Waals surface area contributed by atoms with Crippen molar-refractivity contribution in [2.24, 2.45) is 0 Å². The van der Waals surface area contributed by atoms with E-state index in [4.69, 9.17) is 0 Å². The standard InChI is InChI=1S/C6H2F8O/c7-3(5(9,10)11)1-15-2-4(8)6(12,13)14/h1-2H/b3-1+,4-2+. The van der Waals surface area contributed by atoms with Crippen LogP contribution in [-0.2, 0) is 4.74 Å². The van der Waals surface area contributed by atoms with Crippen LogP contribution in [0.4, 0.5) is 35.1 Å². The monoisotopic (exact) mass is 242 g/mol. The molecule has 0 aliphatic rings. The summed E-state index contributed by atoms with van der Waals surface area (Å²) in [4.78, 5) is 0. The second kappa shape index (κ2) is 4.49. The summed E-state index contributed by atoms with van der Waals surface area (Å²) >= 11 is 0. The predicted octanol–water partition coefficient (Wildman–Crippen LogP) is 3.75. The van der Waals surface area contributed by atoms with E-state index in [2.05, 4.69) is 4.74 Å². The molecule has 0 bridgehead atoms. The lowest BCUT2D eigenvalue weighted by Gasteiger charge is -2.03. The van der Waals surface area contributed by atoms with Gasteiger partial charge >= 0.3 is 12.4 Å². The molecule has 0 saturated carbocycles. The third-order valence-corrected chi connectivity index (χ3v) is 0.885. The maximum atomic E-state index is 11.8. The largest absolute Gasteiger partial charge is 0.466 e. The van der Waals surface area contributed by atoms with E-state index in [1.54, 1.807) is 0 Å². The Hall–Kier alpha value is -1.28. The minimum atomic E-state index is -5.39. The van der Waals surface area contributed by atoms with Gasteiger partial charge in [0.1, 0.15) is 12.5 Å². The van der Waals surface area contributed by atoms with Crippen LogP contribution in [0.25, 0.3) is 0 Å². The highest BCUT2D eigenvalue weighted by Gasteiger charge is 2.36. The quantitative estimate of drug-likeness (QED) is 0.529. The maximum Gasteiger partial charge on any atom is 0.446 e. The summed E-state index contributed by atoms with van der Waals surface area (Å²) in [5.41, 5.74) is 0. The van der Waals surface area contributed by atoms with Crippen LogP contribution in [0.3, 0.4) is 0 Å². The summed E-state index contributed by atoms with van der Waals surface area (Å²) in [6.45, 7) is 0. The number of hydrogen-bond acceptors (Lipinski definition) is 1. The van der Waals surface area contributed by atoms with Gasteiger partial charge in [0.15, 0.2) is 0 Å². The molecule has 0 fully saturated rings. The van der Waals surface area contributed by atoms with Crippen LogP contribution in [0.1, 0.15) is 0 Å². The smallest absolute Gasteiger partial charge is 0.446 e. The topological polar surface area (TPSA) is 9.23 Å². The molecule has 88 valence electrons. The highest BCUT2D eigenvalue weighted by molar-refractivity contribution is 4.98. The van der Waals surface area contributed by atoms with Crippen molar-refractivity contribution in [3.8, 4) is 0 Å². The van der Waals surface area contributed by atoms with Gasteiger partial charge in [0.25, 0.3) is 0 Å². The molecular formula is C6H2F8O.